The van der Waals surface area contributed by atoms with Crippen LogP contribution in [0.25, 0.3) is 10.9 Å². The molecule has 1 aliphatic heterocycles. The van der Waals surface area contributed by atoms with Crippen molar-refractivity contribution in [3.05, 3.63) is 36.0 Å². The molecule has 2 N–H and O–H groups in total. The van der Waals surface area contributed by atoms with Crippen molar-refractivity contribution in [2.24, 2.45) is 0 Å². The van der Waals surface area contributed by atoms with Crippen molar-refractivity contribution in [3.8, 4) is 0 Å². The van der Waals surface area contributed by atoms with Crippen LogP contribution in [0.4, 0.5) is 0 Å². The Kier molecular flexibility index (Phi) is 3.26. The van der Waals surface area contributed by atoms with Gasteiger partial charge in [0, 0.05) is 23.5 Å². The summed E-state index contributed by atoms with van der Waals surface area (Å²) in [6, 6.07) is 8.13. The number of rotatable bonds is 4. The van der Waals surface area contributed by atoms with Crippen LogP contribution in [0.1, 0.15) is 25.3 Å². The lowest BCUT2D eigenvalue weighted by atomic mass is 9.91. The molecule has 0 aliphatic carbocycles. The highest BCUT2D eigenvalue weighted by atomic mass is 16.3. The molecular formula is C16H20N2O2. The average Bonchev–Trinajstić information content (AvgIpc) is 2.84. The van der Waals surface area contributed by atoms with Gasteiger partial charge in [0.05, 0.1) is 18.7 Å². The average molecular weight is 272 g/mol. The van der Waals surface area contributed by atoms with E-state index in [1.54, 1.807) is 4.90 Å². The molecule has 4 nitrogen and oxygen atoms in total. The largest absolute Gasteiger partial charge is 0.386 e. The van der Waals surface area contributed by atoms with E-state index < -0.39 is 5.60 Å². The molecule has 0 spiro atoms. The van der Waals surface area contributed by atoms with Gasteiger partial charge in [-0.05, 0) is 24.5 Å². The molecular weight excluding hydrogens is 252 g/mol. The first-order valence-electron chi connectivity index (χ1n) is 7.16. The van der Waals surface area contributed by atoms with Gasteiger partial charge in [-0.25, -0.2) is 0 Å². The van der Waals surface area contributed by atoms with E-state index in [9.17, 15) is 9.90 Å². The quantitative estimate of drug-likeness (QED) is 0.895. The highest BCUT2D eigenvalue weighted by Gasteiger charge is 2.41. The molecule has 1 amide bonds. The monoisotopic (exact) mass is 272 g/mol. The summed E-state index contributed by atoms with van der Waals surface area (Å²) in [4.78, 5) is 17.0. The van der Waals surface area contributed by atoms with Gasteiger partial charge in [0.25, 0.3) is 0 Å². The SMILES string of the molecule is CCC1(O)CN(C(=O)CCc2c[nH]c3ccccc23)C1. The second-order valence-corrected chi connectivity index (χ2v) is 5.69. The van der Waals surface area contributed by atoms with Crippen molar-refractivity contribution in [2.45, 2.75) is 31.8 Å². The number of carbonyl (C=O) groups is 1. The van der Waals surface area contributed by atoms with Crippen LogP contribution in [0.5, 0.6) is 0 Å². The molecule has 0 unspecified atom stereocenters. The molecule has 3 rings (SSSR count). The first kappa shape index (κ1) is 13.2. The fourth-order valence-electron chi connectivity index (χ4n) is 2.80. The van der Waals surface area contributed by atoms with E-state index in [1.807, 2.05) is 31.3 Å². The van der Waals surface area contributed by atoms with Crippen molar-refractivity contribution in [1.82, 2.24) is 9.88 Å². The van der Waals surface area contributed by atoms with Crippen molar-refractivity contribution in [2.75, 3.05) is 13.1 Å². The molecule has 1 aromatic heterocycles. The zero-order valence-corrected chi connectivity index (χ0v) is 11.7. The van der Waals surface area contributed by atoms with Gasteiger partial charge in [0.2, 0.25) is 5.91 Å². The molecule has 106 valence electrons. The Balaban J connectivity index is 1.59. The summed E-state index contributed by atoms with van der Waals surface area (Å²) in [7, 11) is 0. The first-order chi connectivity index (χ1) is 9.61. The molecule has 2 heterocycles. The molecule has 1 saturated heterocycles. The number of carbonyl (C=O) groups excluding carboxylic acids is 1. The third-order valence-corrected chi connectivity index (χ3v) is 4.26. The summed E-state index contributed by atoms with van der Waals surface area (Å²) in [5.74, 6) is 0.133. The zero-order valence-electron chi connectivity index (χ0n) is 11.7. The number of H-pyrrole nitrogens is 1. The minimum atomic E-state index is -0.642. The lowest BCUT2D eigenvalue weighted by Crippen LogP contribution is -2.63. The lowest BCUT2D eigenvalue weighted by molar-refractivity contribution is -0.155. The second kappa shape index (κ2) is 4.94. The topological polar surface area (TPSA) is 56.3 Å². The highest BCUT2D eigenvalue weighted by Crippen LogP contribution is 2.25. The van der Waals surface area contributed by atoms with Crippen molar-refractivity contribution in [1.29, 1.82) is 0 Å². The number of aromatic nitrogens is 1. The van der Waals surface area contributed by atoms with Gasteiger partial charge in [0.1, 0.15) is 0 Å². The number of likely N-dealkylation sites (tertiary alicyclic amines) is 1. The van der Waals surface area contributed by atoms with Crippen LogP contribution in [-0.2, 0) is 11.2 Å². The number of aromatic amines is 1. The van der Waals surface area contributed by atoms with Crippen molar-refractivity contribution < 1.29 is 9.90 Å². The van der Waals surface area contributed by atoms with E-state index in [4.69, 9.17) is 0 Å². The molecule has 0 saturated carbocycles. The van der Waals surface area contributed by atoms with E-state index in [0.717, 1.165) is 11.9 Å². The van der Waals surface area contributed by atoms with Gasteiger partial charge in [-0.15, -0.1) is 0 Å². The smallest absolute Gasteiger partial charge is 0.223 e. The number of β-amino-alcohol motifs (C(OH)–C–C–N with tert-alkyl or cyclic N) is 1. The number of fused-ring (bicyclic) bond motifs is 1. The normalized spacial score (nSPS) is 17.2. The molecule has 0 atom stereocenters. The Morgan fingerprint density at radius 2 is 2.15 bits per heavy atom. The Bertz CT molecular complexity index is 626. The standard InChI is InChI=1S/C16H20N2O2/c1-2-16(20)10-18(11-16)15(19)8-7-12-9-17-14-6-4-3-5-13(12)14/h3-6,9,17,20H,2,7-8,10-11H2,1H3. The van der Waals surface area contributed by atoms with Gasteiger partial charge in [0.15, 0.2) is 0 Å². The Labute approximate surface area is 118 Å². The number of aryl methyl sites for hydroxylation is 1. The minimum absolute atomic E-state index is 0.133. The van der Waals surface area contributed by atoms with Crippen LogP contribution >= 0.6 is 0 Å². The number of nitrogens with one attached hydrogen (secondary N) is 1. The highest BCUT2D eigenvalue weighted by molar-refractivity contribution is 5.84. The third-order valence-electron chi connectivity index (χ3n) is 4.26. The maximum absolute atomic E-state index is 12.1. The van der Waals surface area contributed by atoms with Gasteiger partial charge >= 0.3 is 0 Å². The summed E-state index contributed by atoms with van der Waals surface area (Å²) in [5, 5.41) is 11.1. The molecule has 1 fully saturated rings. The fraction of sp³-hybridized carbons (Fsp3) is 0.438. The van der Waals surface area contributed by atoms with Crippen molar-refractivity contribution in [3.63, 3.8) is 0 Å². The van der Waals surface area contributed by atoms with Crippen LogP contribution in [0, 0.1) is 0 Å². The van der Waals surface area contributed by atoms with Gasteiger partial charge in [-0.1, -0.05) is 25.1 Å². The molecule has 2 aromatic rings. The first-order valence-corrected chi connectivity index (χ1v) is 7.16. The number of benzene rings is 1. The van der Waals surface area contributed by atoms with Crippen LogP contribution in [0.15, 0.2) is 30.5 Å². The maximum atomic E-state index is 12.1. The predicted octanol–water partition coefficient (Wildman–Crippen LogP) is 2.08. The van der Waals surface area contributed by atoms with E-state index in [2.05, 4.69) is 11.1 Å². The summed E-state index contributed by atoms with van der Waals surface area (Å²) in [6.45, 7) is 2.92. The van der Waals surface area contributed by atoms with E-state index >= 15 is 0 Å². The third kappa shape index (κ3) is 2.31. The van der Waals surface area contributed by atoms with Gasteiger partial charge in [-0.3, -0.25) is 4.79 Å². The molecule has 1 aliphatic rings. The molecule has 1 aromatic carbocycles. The summed E-state index contributed by atoms with van der Waals surface area (Å²) in [6.07, 6.45) is 3.93. The molecule has 0 bridgehead atoms. The lowest BCUT2D eigenvalue weighted by Gasteiger charge is -2.46. The Hall–Kier alpha value is -1.81. The number of para-hydroxylation sites is 1. The summed E-state index contributed by atoms with van der Waals surface area (Å²) >= 11 is 0. The summed E-state index contributed by atoms with van der Waals surface area (Å²) < 4.78 is 0. The number of amides is 1. The summed E-state index contributed by atoms with van der Waals surface area (Å²) in [5.41, 5.74) is 1.65. The van der Waals surface area contributed by atoms with Crippen LogP contribution in [-0.4, -0.2) is 39.6 Å². The fourth-order valence-corrected chi connectivity index (χ4v) is 2.80. The van der Waals surface area contributed by atoms with E-state index in [0.29, 0.717) is 25.9 Å². The molecule has 4 heteroatoms. The minimum Gasteiger partial charge on any atom is -0.386 e. The van der Waals surface area contributed by atoms with E-state index in [-0.39, 0.29) is 5.91 Å². The zero-order chi connectivity index (χ0) is 14.2. The Morgan fingerprint density at radius 1 is 1.40 bits per heavy atom. The number of aliphatic hydroxyl groups is 1. The maximum Gasteiger partial charge on any atom is 0.223 e. The van der Waals surface area contributed by atoms with Crippen LogP contribution in [0.3, 0.4) is 0 Å². The van der Waals surface area contributed by atoms with E-state index in [1.165, 1.54) is 10.9 Å². The van der Waals surface area contributed by atoms with Crippen LogP contribution in [0.2, 0.25) is 0 Å². The molecule has 20 heavy (non-hydrogen) atoms. The van der Waals surface area contributed by atoms with Gasteiger partial charge < -0.3 is 15.0 Å². The van der Waals surface area contributed by atoms with Crippen molar-refractivity contribution >= 4 is 16.8 Å². The van der Waals surface area contributed by atoms with Crippen LogP contribution < -0.4 is 0 Å². The number of hydrogen-bond acceptors (Lipinski definition) is 2. The molecule has 0 radical (unpaired) electrons. The van der Waals surface area contributed by atoms with Gasteiger partial charge in [-0.2, -0.15) is 0 Å². The Morgan fingerprint density at radius 3 is 2.90 bits per heavy atom. The number of nitrogens with zero attached hydrogens (tertiary/aromatic N) is 1. The number of hydrogen-bond donors (Lipinski definition) is 2. The second-order valence-electron chi connectivity index (χ2n) is 5.69. The predicted molar refractivity (Wildman–Crippen MR) is 78.4 cm³/mol.